The van der Waals surface area contributed by atoms with Crippen molar-refractivity contribution in [1.29, 1.82) is 0 Å². The Hall–Kier alpha value is -1.14. The Balaban J connectivity index is 4.04. The molecule has 0 aliphatic heterocycles. The minimum absolute atomic E-state index is 0.00698. The summed E-state index contributed by atoms with van der Waals surface area (Å²) in [4.78, 5) is 25.0. The molecule has 18 heavy (non-hydrogen) atoms. The maximum Gasteiger partial charge on any atom is 0.321 e. The molecule has 0 aromatic heterocycles. The minimum Gasteiger partial charge on any atom is -0.385 e. The summed E-state index contributed by atoms with van der Waals surface area (Å²) < 4.78 is 4.95. The van der Waals surface area contributed by atoms with Gasteiger partial charge < -0.3 is 10.1 Å². The van der Waals surface area contributed by atoms with Crippen LogP contribution in [0.1, 0.15) is 27.2 Å². The molecule has 0 heterocycles. The minimum atomic E-state index is -0.452. The second kappa shape index (κ2) is 8.88. The summed E-state index contributed by atoms with van der Waals surface area (Å²) in [6.07, 6.45) is 0.850. The van der Waals surface area contributed by atoms with Crippen molar-refractivity contribution in [2.75, 3.05) is 27.3 Å². The van der Waals surface area contributed by atoms with Crippen LogP contribution in [-0.2, 0) is 9.53 Å². The monoisotopic (exact) mass is 259 g/mol. The number of nitrogens with zero attached hydrogens (tertiary/aromatic N) is 1. The summed E-state index contributed by atoms with van der Waals surface area (Å²) in [6.45, 7) is 6.85. The highest BCUT2D eigenvalue weighted by Crippen LogP contribution is 1.97. The van der Waals surface area contributed by atoms with Gasteiger partial charge in [-0.25, -0.2) is 4.79 Å². The normalized spacial score (nSPS) is 12.6. The fourth-order valence-electron chi connectivity index (χ4n) is 1.37. The third kappa shape index (κ3) is 7.24. The van der Waals surface area contributed by atoms with Gasteiger partial charge in [0.15, 0.2) is 0 Å². The summed E-state index contributed by atoms with van der Waals surface area (Å²) in [5.41, 5.74) is 0. The fraction of sp³-hybridized carbons (Fsp3) is 0.833. The van der Waals surface area contributed by atoms with Gasteiger partial charge in [-0.3, -0.25) is 15.0 Å². The summed E-state index contributed by atoms with van der Waals surface area (Å²) in [5.74, 6) is -0.298. The third-order valence-corrected chi connectivity index (χ3v) is 2.56. The largest absolute Gasteiger partial charge is 0.385 e. The zero-order chi connectivity index (χ0) is 14.1. The van der Waals surface area contributed by atoms with E-state index in [9.17, 15) is 9.59 Å². The van der Waals surface area contributed by atoms with Crippen molar-refractivity contribution in [1.82, 2.24) is 15.5 Å². The highest BCUT2D eigenvalue weighted by atomic mass is 16.5. The first-order valence-corrected chi connectivity index (χ1v) is 6.19. The lowest BCUT2D eigenvalue weighted by molar-refractivity contribution is -0.124. The summed E-state index contributed by atoms with van der Waals surface area (Å²) in [7, 11) is 3.49. The van der Waals surface area contributed by atoms with Crippen molar-refractivity contribution >= 4 is 11.9 Å². The Bertz CT molecular complexity index is 269. The molecule has 0 spiro atoms. The molecule has 0 aliphatic carbocycles. The number of carbonyl (C=O) groups excluding carboxylic acids is 2. The van der Waals surface area contributed by atoms with E-state index >= 15 is 0 Å². The van der Waals surface area contributed by atoms with Crippen LogP contribution in [0.15, 0.2) is 0 Å². The van der Waals surface area contributed by atoms with E-state index in [1.165, 1.54) is 0 Å². The molecule has 0 aromatic carbocycles. The summed E-state index contributed by atoms with van der Waals surface area (Å²) in [5, 5.41) is 4.93. The second-order valence-electron chi connectivity index (χ2n) is 4.62. The van der Waals surface area contributed by atoms with Crippen molar-refractivity contribution in [3.8, 4) is 0 Å². The molecule has 2 N–H and O–H groups in total. The lowest BCUT2D eigenvalue weighted by atomic mass is 10.2. The Morgan fingerprint density at radius 2 is 1.89 bits per heavy atom. The summed E-state index contributed by atoms with van der Waals surface area (Å²) in [6, 6.07) is -0.792. The average Bonchev–Trinajstić information content (AvgIpc) is 2.26. The van der Waals surface area contributed by atoms with Crippen molar-refractivity contribution in [3.63, 3.8) is 0 Å². The maximum atomic E-state index is 11.8. The van der Waals surface area contributed by atoms with E-state index in [2.05, 4.69) is 10.6 Å². The average molecular weight is 259 g/mol. The van der Waals surface area contributed by atoms with Gasteiger partial charge in [-0.2, -0.15) is 0 Å². The molecule has 0 bridgehead atoms. The first-order valence-electron chi connectivity index (χ1n) is 6.19. The lowest BCUT2D eigenvalue weighted by Crippen LogP contribution is -2.50. The van der Waals surface area contributed by atoms with Crippen LogP contribution < -0.4 is 10.6 Å². The van der Waals surface area contributed by atoms with Crippen molar-refractivity contribution in [2.45, 2.75) is 39.3 Å². The first kappa shape index (κ1) is 16.9. The standard InChI is InChI=1S/C12H25N3O3/c1-9(2)13-12(17)14-11(16)10(3)15(4)7-6-8-18-5/h9-10H,6-8H2,1-5H3,(H2,13,14,16,17). The fourth-order valence-corrected chi connectivity index (χ4v) is 1.37. The van der Waals surface area contributed by atoms with Gasteiger partial charge in [0, 0.05) is 26.3 Å². The molecule has 6 nitrogen and oxygen atoms in total. The molecule has 0 radical (unpaired) electrons. The van der Waals surface area contributed by atoms with Crippen LogP contribution in [0.5, 0.6) is 0 Å². The molecule has 0 aromatic rings. The molecular weight excluding hydrogens is 234 g/mol. The van der Waals surface area contributed by atoms with E-state index in [1.54, 1.807) is 14.0 Å². The number of likely N-dealkylation sites (N-methyl/N-ethyl adjacent to an activating group) is 1. The Morgan fingerprint density at radius 3 is 2.39 bits per heavy atom. The molecule has 6 heteroatoms. The van der Waals surface area contributed by atoms with Crippen LogP contribution in [0.25, 0.3) is 0 Å². The second-order valence-corrected chi connectivity index (χ2v) is 4.62. The van der Waals surface area contributed by atoms with Gasteiger partial charge in [0.05, 0.1) is 6.04 Å². The number of imide groups is 1. The quantitative estimate of drug-likeness (QED) is 0.656. The number of hydrogen-bond donors (Lipinski definition) is 2. The number of ether oxygens (including phenoxy) is 1. The molecule has 106 valence electrons. The molecule has 0 aliphatic rings. The number of hydrogen-bond acceptors (Lipinski definition) is 4. The van der Waals surface area contributed by atoms with Gasteiger partial charge in [0.2, 0.25) is 5.91 Å². The predicted molar refractivity (Wildman–Crippen MR) is 70.4 cm³/mol. The van der Waals surface area contributed by atoms with E-state index in [1.807, 2.05) is 25.8 Å². The zero-order valence-electron chi connectivity index (χ0n) is 11.9. The van der Waals surface area contributed by atoms with Crippen LogP contribution in [-0.4, -0.2) is 56.2 Å². The third-order valence-electron chi connectivity index (χ3n) is 2.56. The van der Waals surface area contributed by atoms with E-state index in [0.29, 0.717) is 6.61 Å². The number of rotatable bonds is 7. The van der Waals surface area contributed by atoms with Crippen molar-refractivity contribution < 1.29 is 14.3 Å². The Morgan fingerprint density at radius 1 is 1.28 bits per heavy atom. The maximum absolute atomic E-state index is 11.8. The molecule has 0 saturated carbocycles. The van der Waals surface area contributed by atoms with Crippen molar-refractivity contribution in [2.24, 2.45) is 0 Å². The lowest BCUT2D eigenvalue weighted by Gasteiger charge is -2.23. The Labute approximate surface area is 109 Å². The predicted octanol–water partition coefficient (Wildman–Crippen LogP) is 0.577. The summed E-state index contributed by atoms with van der Waals surface area (Å²) >= 11 is 0. The first-order chi connectivity index (χ1) is 8.38. The molecule has 3 amide bonds. The van der Waals surface area contributed by atoms with Gasteiger partial charge in [-0.15, -0.1) is 0 Å². The molecule has 0 rings (SSSR count). The van der Waals surface area contributed by atoms with E-state index < -0.39 is 6.03 Å². The molecular formula is C12H25N3O3. The zero-order valence-corrected chi connectivity index (χ0v) is 11.9. The number of urea groups is 1. The topological polar surface area (TPSA) is 70.7 Å². The molecule has 0 fully saturated rings. The van der Waals surface area contributed by atoms with Crippen LogP contribution in [0.4, 0.5) is 4.79 Å². The van der Waals surface area contributed by atoms with Gasteiger partial charge in [-0.05, 0) is 34.2 Å². The number of methoxy groups -OCH3 is 1. The molecule has 1 unspecified atom stereocenters. The highest BCUT2D eigenvalue weighted by Gasteiger charge is 2.19. The van der Waals surface area contributed by atoms with E-state index in [4.69, 9.17) is 4.74 Å². The van der Waals surface area contributed by atoms with Gasteiger partial charge in [-0.1, -0.05) is 0 Å². The van der Waals surface area contributed by atoms with Crippen LogP contribution in [0.3, 0.4) is 0 Å². The molecule has 0 saturated heterocycles. The van der Waals surface area contributed by atoms with Crippen LogP contribution >= 0.6 is 0 Å². The Kier molecular flexibility index (Phi) is 8.32. The van der Waals surface area contributed by atoms with Crippen LogP contribution in [0.2, 0.25) is 0 Å². The number of carbonyl (C=O) groups is 2. The number of nitrogens with one attached hydrogen (secondary N) is 2. The smallest absolute Gasteiger partial charge is 0.321 e. The van der Waals surface area contributed by atoms with E-state index in [0.717, 1.165) is 13.0 Å². The van der Waals surface area contributed by atoms with E-state index in [-0.39, 0.29) is 18.0 Å². The van der Waals surface area contributed by atoms with Gasteiger partial charge in [0.1, 0.15) is 0 Å². The van der Waals surface area contributed by atoms with Crippen molar-refractivity contribution in [3.05, 3.63) is 0 Å². The van der Waals surface area contributed by atoms with Gasteiger partial charge in [0.25, 0.3) is 0 Å². The SMILES string of the molecule is COCCCN(C)C(C)C(=O)NC(=O)NC(C)C. The molecule has 1 atom stereocenters. The van der Waals surface area contributed by atoms with Crippen LogP contribution in [0, 0.1) is 0 Å². The van der Waals surface area contributed by atoms with Gasteiger partial charge >= 0.3 is 6.03 Å². The highest BCUT2D eigenvalue weighted by molar-refractivity contribution is 5.96. The number of amides is 3.